The minimum absolute atomic E-state index is 0.0295. The molecular formula is C14H13N5O2S. The molecule has 0 saturated carbocycles. The monoisotopic (exact) mass is 315 g/mol. The highest BCUT2D eigenvalue weighted by Gasteiger charge is 2.16. The molecule has 3 aromatic heterocycles. The molecule has 0 aliphatic carbocycles. The fraction of sp³-hybridized carbons (Fsp3) is 0.0714. The van der Waals surface area contributed by atoms with Gasteiger partial charge >= 0.3 is 0 Å². The fourth-order valence-corrected chi connectivity index (χ4v) is 2.90. The molecule has 0 aromatic carbocycles. The van der Waals surface area contributed by atoms with Crippen molar-refractivity contribution in [1.29, 1.82) is 0 Å². The molecular weight excluding hydrogens is 302 g/mol. The zero-order valence-electron chi connectivity index (χ0n) is 11.5. The van der Waals surface area contributed by atoms with Gasteiger partial charge in [0, 0.05) is 30.7 Å². The number of imidazole rings is 1. The molecule has 112 valence electrons. The molecule has 0 radical (unpaired) electrons. The van der Waals surface area contributed by atoms with Crippen LogP contribution >= 0.6 is 0 Å². The molecule has 0 aliphatic rings. The van der Waals surface area contributed by atoms with Gasteiger partial charge in [0.2, 0.25) is 0 Å². The summed E-state index contributed by atoms with van der Waals surface area (Å²) < 4.78 is 26.7. The number of aromatic nitrogens is 4. The Labute approximate surface area is 127 Å². The number of aromatic amines is 1. The van der Waals surface area contributed by atoms with E-state index >= 15 is 0 Å². The van der Waals surface area contributed by atoms with E-state index in [1.807, 2.05) is 18.2 Å². The van der Waals surface area contributed by atoms with Crippen molar-refractivity contribution < 1.29 is 8.42 Å². The summed E-state index contributed by atoms with van der Waals surface area (Å²) in [7, 11) is -3.62. The summed E-state index contributed by atoms with van der Waals surface area (Å²) in [6.45, 7) is 0.132. The van der Waals surface area contributed by atoms with Crippen LogP contribution < -0.4 is 4.72 Å². The SMILES string of the molecule is O=S(=O)(NCc1cccnc1-c1ccncc1)c1cnc[nH]1. The van der Waals surface area contributed by atoms with Crippen molar-refractivity contribution >= 4 is 10.0 Å². The minimum atomic E-state index is -3.62. The zero-order chi connectivity index (χ0) is 15.4. The molecule has 0 saturated heterocycles. The van der Waals surface area contributed by atoms with Gasteiger partial charge in [-0.15, -0.1) is 0 Å². The van der Waals surface area contributed by atoms with E-state index in [1.54, 1.807) is 24.7 Å². The summed E-state index contributed by atoms with van der Waals surface area (Å²) in [4.78, 5) is 14.6. The Hall–Kier alpha value is -2.58. The standard InChI is InChI=1S/C14H13N5O2S/c20-22(21,13-9-16-10-18-13)19-8-12-2-1-5-17-14(12)11-3-6-15-7-4-11/h1-7,9-10,19H,8H2,(H,16,18). The second-order valence-electron chi connectivity index (χ2n) is 4.49. The predicted molar refractivity (Wildman–Crippen MR) is 80.1 cm³/mol. The van der Waals surface area contributed by atoms with Crippen molar-refractivity contribution in [3.63, 3.8) is 0 Å². The number of nitrogens with one attached hydrogen (secondary N) is 2. The van der Waals surface area contributed by atoms with E-state index in [1.165, 1.54) is 12.5 Å². The number of hydrogen-bond donors (Lipinski definition) is 2. The average Bonchev–Trinajstić information content (AvgIpc) is 3.10. The molecule has 3 rings (SSSR count). The molecule has 3 heterocycles. The van der Waals surface area contributed by atoms with E-state index in [0.717, 1.165) is 16.8 Å². The molecule has 0 spiro atoms. The van der Waals surface area contributed by atoms with Crippen LogP contribution in [0.4, 0.5) is 0 Å². The zero-order valence-corrected chi connectivity index (χ0v) is 12.3. The molecule has 22 heavy (non-hydrogen) atoms. The van der Waals surface area contributed by atoms with Crippen molar-refractivity contribution in [1.82, 2.24) is 24.7 Å². The van der Waals surface area contributed by atoms with Gasteiger partial charge in [0.15, 0.2) is 5.03 Å². The van der Waals surface area contributed by atoms with Crippen molar-refractivity contribution in [3.05, 3.63) is 60.9 Å². The largest absolute Gasteiger partial charge is 0.335 e. The maximum absolute atomic E-state index is 12.1. The summed E-state index contributed by atoms with van der Waals surface area (Å²) in [6, 6.07) is 7.26. The Bertz CT molecular complexity index is 848. The lowest BCUT2D eigenvalue weighted by molar-refractivity contribution is 0.578. The molecule has 3 aromatic rings. The first kappa shape index (κ1) is 14.4. The van der Waals surface area contributed by atoms with E-state index in [0.29, 0.717) is 0 Å². The first-order valence-electron chi connectivity index (χ1n) is 6.49. The van der Waals surface area contributed by atoms with Gasteiger partial charge in [-0.25, -0.2) is 18.1 Å². The molecule has 0 bridgehead atoms. The maximum atomic E-state index is 12.1. The van der Waals surface area contributed by atoms with Crippen LogP contribution in [0.2, 0.25) is 0 Å². The minimum Gasteiger partial charge on any atom is -0.335 e. The van der Waals surface area contributed by atoms with Crippen molar-refractivity contribution in [3.8, 4) is 11.3 Å². The number of sulfonamides is 1. The Morgan fingerprint density at radius 2 is 1.91 bits per heavy atom. The summed E-state index contributed by atoms with van der Waals surface area (Å²) in [5.41, 5.74) is 2.38. The molecule has 0 amide bonds. The molecule has 0 aliphatic heterocycles. The smallest absolute Gasteiger partial charge is 0.257 e. The van der Waals surface area contributed by atoms with Gasteiger partial charge in [0.1, 0.15) is 0 Å². The van der Waals surface area contributed by atoms with Gasteiger partial charge in [0.05, 0.1) is 18.2 Å². The van der Waals surface area contributed by atoms with Crippen LogP contribution in [0.15, 0.2) is 60.4 Å². The van der Waals surface area contributed by atoms with Crippen LogP contribution in [-0.4, -0.2) is 28.4 Å². The highest BCUT2D eigenvalue weighted by atomic mass is 32.2. The van der Waals surface area contributed by atoms with Crippen LogP contribution in [0, 0.1) is 0 Å². The summed E-state index contributed by atoms with van der Waals surface area (Å²) in [5, 5.41) is 0.0295. The van der Waals surface area contributed by atoms with E-state index in [2.05, 4.69) is 24.7 Å². The van der Waals surface area contributed by atoms with E-state index in [4.69, 9.17) is 0 Å². The average molecular weight is 315 g/mol. The molecule has 0 fully saturated rings. The Morgan fingerprint density at radius 3 is 2.64 bits per heavy atom. The Morgan fingerprint density at radius 1 is 1.09 bits per heavy atom. The number of pyridine rings is 2. The third-order valence-electron chi connectivity index (χ3n) is 3.06. The van der Waals surface area contributed by atoms with Gasteiger partial charge < -0.3 is 4.98 Å². The van der Waals surface area contributed by atoms with Gasteiger partial charge in [-0.2, -0.15) is 0 Å². The summed E-state index contributed by atoms with van der Waals surface area (Å²) in [6.07, 6.45) is 7.59. The maximum Gasteiger partial charge on any atom is 0.257 e. The fourth-order valence-electron chi connectivity index (χ4n) is 1.99. The van der Waals surface area contributed by atoms with Gasteiger partial charge in [-0.05, 0) is 23.8 Å². The molecule has 0 unspecified atom stereocenters. The normalized spacial score (nSPS) is 11.5. The highest BCUT2D eigenvalue weighted by Crippen LogP contribution is 2.20. The Kier molecular flexibility index (Phi) is 3.94. The van der Waals surface area contributed by atoms with Crippen LogP contribution in [-0.2, 0) is 16.6 Å². The highest BCUT2D eigenvalue weighted by molar-refractivity contribution is 7.89. The lowest BCUT2D eigenvalue weighted by Crippen LogP contribution is -2.24. The molecule has 0 atom stereocenters. The van der Waals surface area contributed by atoms with Gasteiger partial charge in [-0.3, -0.25) is 9.97 Å². The number of hydrogen-bond acceptors (Lipinski definition) is 5. The van der Waals surface area contributed by atoms with Crippen molar-refractivity contribution in [2.45, 2.75) is 11.6 Å². The third-order valence-corrected chi connectivity index (χ3v) is 4.39. The van der Waals surface area contributed by atoms with Crippen LogP contribution in [0.5, 0.6) is 0 Å². The van der Waals surface area contributed by atoms with Crippen LogP contribution in [0.1, 0.15) is 5.56 Å². The topological polar surface area (TPSA) is 101 Å². The van der Waals surface area contributed by atoms with Gasteiger partial charge in [0.25, 0.3) is 10.0 Å². The van der Waals surface area contributed by atoms with E-state index < -0.39 is 10.0 Å². The van der Waals surface area contributed by atoms with Crippen LogP contribution in [0.3, 0.4) is 0 Å². The molecule has 7 nitrogen and oxygen atoms in total. The second kappa shape index (κ2) is 6.04. The quantitative estimate of drug-likeness (QED) is 0.740. The summed E-state index contributed by atoms with van der Waals surface area (Å²) in [5.74, 6) is 0. The van der Waals surface area contributed by atoms with Crippen molar-refractivity contribution in [2.24, 2.45) is 0 Å². The van der Waals surface area contributed by atoms with Gasteiger partial charge in [-0.1, -0.05) is 6.07 Å². The number of nitrogens with zero attached hydrogens (tertiary/aromatic N) is 3. The lowest BCUT2D eigenvalue weighted by atomic mass is 10.1. The first-order valence-corrected chi connectivity index (χ1v) is 7.97. The first-order chi connectivity index (χ1) is 10.7. The third kappa shape index (κ3) is 3.02. The van der Waals surface area contributed by atoms with Crippen LogP contribution in [0.25, 0.3) is 11.3 Å². The lowest BCUT2D eigenvalue weighted by Gasteiger charge is -2.09. The molecule has 8 heteroatoms. The Balaban J connectivity index is 1.85. The van der Waals surface area contributed by atoms with Crippen molar-refractivity contribution in [2.75, 3.05) is 0 Å². The predicted octanol–water partition coefficient (Wildman–Crippen LogP) is 1.35. The molecule has 2 N–H and O–H groups in total. The second-order valence-corrected chi connectivity index (χ2v) is 6.22. The van der Waals surface area contributed by atoms with E-state index in [-0.39, 0.29) is 11.6 Å². The van der Waals surface area contributed by atoms with E-state index in [9.17, 15) is 8.42 Å². The number of H-pyrrole nitrogens is 1. The number of rotatable bonds is 5. The summed E-state index contributed by atoms with van der Waals surface area (Å²) >= 11 is 0.